The second kappa shape index (κ2) is 15.6. The molecule has 320 valence electrons. The van der Waals surface area contributed by atoms with Gasteiger partial charge >= 0.3 is 5.97 Å². The fourth-order valence-electron chi connectivity index (χ4n) is 12.0. The van der Waals surface area contributed by atoms with Crippen molar-refractivity contribution in [2.75, 3.05) is 19.8 Å². The van der Waals surface area contributed by atoms with E-state index in [1.165, 1.54) is 0 Å². The molecule has 21 atom stereocenters. The summed E-state index contributed by atoms with van der Waals surface area (Å²) in [6, 6.07) is 0. The van der Waals surface area contributed by atoms with Gasteiger partial charge in [0.25, 0.3) is 0 Å². The third-order valence-corrected chi connectivity index (χ3v) is 15.0. The van der Waals surface area contributed by atoms with Crippen LogP contribution in [-0.4, -0.2) is 180 Å². The number of carbonyl (C=O) groups excluding carboxylic acids is 1. The van der Waals surface area contributed by atoms with Gasteiger partial charge < -0.3 is 84.6 Å². The van der Waals surface area contributed by atoms with Crippen LogP contribution in [0.25, 0.3) is 0 Å². The summed E-state index contributed by atoms with van der Waals surface area (Å²) in [4.78, 5) is 14.1. The third kappa shape index (κ3) is 6.69. The van der Waals surface area contributed by atoms with Crippen molar-refractivity contribution in [2.45, 2.75) is 169 Å². The van der Waals surface area contributed by atoms with E-state index in [1.54, 1.807) is 0 Å². The van der Waals surface area contributed by atoms with Gasteiger partial charge in [-0.3, -0.25) is 4.79 Å². The van der Waals surface area contributed by atoms with Crippen LogP contribution in [0.3, 0.4) is 0 Å². The van der Waals surface area contributed by atoms with E-state index < -0.39 is 129 Å². The molecule has 0 unspecified atom stereocenters. The molecule has 18 nitrogen and oxygen atoms in total. The first-order chi connectivity index (χ1) is 26.4. The second-order valence-electron chi connectivity index (χ2n) is 18.0. The van der Waals surface area contributed by atoms with Crippen LogP contribution in [0.2, 0.25) is 0 Å². The number of carbonyl (C=O) groups is 1. The van der Waals surface area contributed by atoms with Crippen molar-refractivity contribution < 1.29 is 89.4 Å². The molecular weight excluding hydrogens is 744 g/mol. The molecule has 1 spiro atoms. The van der Waals surface area contributed by atoms with Crippen molar-refractivity contribution in [3.05, 3.63) is 12.2 Å². The molecule has 0 radical (unpaired) electrons. The summed E-state index contributed by atoms with van der Waals surface area (Å²) in [6.07, 6.45) is -17.8. The number of fused-ring (bicyclic) bond motifs is 3. The molecule has 3 aliphatic heterocycles. The van der Waals surface area contributed by atoms with Crippen molar-refractivity contribution in [1.82, 2.24) is 0 Å². The van der Waals surface area contributed by atoms with Crippen molar-refractivity contribution in [1.29, 1.82) is 0 Å². The summed E-state index contributed by atoms with van der Waals surface area (Å²) in [5.74, 6) is -0.591. The summed E-state index contributed by atoms with van der Waals surface area (Å²) in [5, 5.41) is 114. The molecule has 3 saturated heterocycles. The molecular formula is C38H60O18. The predicted octanol–water partition coefficient (Wildman–Crippen LogP) is -2.94. The minimum atomic E-state index is -1.81. The van der Waals surface area contributed by atoms with Gasteiger partial charge in [-0.25, -0.2) is 0 Å². The number of hydrogen-bond acceptors (Lipinski definition) is 18. The molecule has 18 heteroatoms. The highest BCUT2D eigenvalue weighted by atomic mass is 16.8. The first-order valence-electron chi connectivity index (χ1n) is 19.9. The Morgan fingerprint density at radius 2 is 1.21 bits per heavy atom. The molecule has 7 aliphatic rings. The van der Waals surface area contributed by atoms with Crippen LogP contribution >= 0.6 is 0 Å². The normalized spacial score (nSPS) is 54.6. The summed E-state index contributed by atoms with van der Waals surface area (Å²) in [5.41, 5.74) is -1.80. The molecule has 7 fully saturated rings. The SMILES string of the molecule is C=C1C[C@@]23CC[C@@H]4[C@@](C)(CCC[C@@]4(C)C(=O)O[C@@H]4O[C@H](CO)[C@H](O)[C@H](O)[C@@H]4O)[C@H]2CC[C@@]1(O[C@H]1O[C@H](CO)[C@@H](O)[C@H](O)[C@H]1O[C@@H]1O[C@H](CO)[C@@H](O)[C@H](O)[C@H]1O)C3. The summed E-state index contributed by atoms with van der Waals surface area (Å²) < 4.78 is 35.6. The summed E-state index contributed by atoms with van der Waals surface area (Å²) in [7, 11) is 0. The quantitative estimate of drug-likeness (QED) is 0.0631. The largest absolute Gasteiger partial charge is 0.432 e. The van der Waals surface area contributed by atoms with E-state index in [9.17, 15) is 61.0 Å². The number of aliphatic hydroxyl groups is 11. The highest BCUT2D eigenvalue weighted by Gasteiger charge is 2.69. The first-order valence-corrected chi connectivity index (χ1v) is 19.9. The average Bonchev–Trinajstić information content (AvgIpc) is 3.37. The lowest BCUT2D eigenvalue weighted by Gasteiger charge is -2.64. The Morgan fingerprint density at radius 1 is 0.679 bits per heavy atom. The van der Waals surface area contributed by atoms with Crippen LogP contribution in [0, 0.1) is 28.1 Å². The molecule has 0 aromatic rings. The minimum absolute atomic E-state index is 0.121. The van der Waals surface area contributed by atoms with Crippen LogP contribution in [0.1, 0.15) is 71.6 Å². The fourth-order valence-corrected chi connectivity index (χ4v) is 12.0. The Morgan fingerprint density at radius 3 is 1.82 bits per heavy atom. The molecule has 4 aliphatic carbocycles. The van der Waals surface area contributed by atoms with E-state index in [0.29, 0.717) is 44.9 Å². The summed E-state index contributed by atoms with van der Waals surface area (Å²) in [6.45, 7) is 6.52. The lowest BCUT2D eigenvalue weighted by atomic mass is 9.41. The van der Waals surface area contributed by atoms with E-state index >= 15 is 0 Å². The molecule has 56 heavy (non-hydrogen) atoms. The summed E-state index contributed by atoms with van der Waals surface area (Å²) >= 11 is 0. The van der Waals surface area contributed by atoms with E-state index in [4.69, 9.17) is 28.4 Å². The van der Waals surface area contributed by atoms with E-state index in [1.807, 2.05) is 6.92 Å². The lowest BCUT2D eigenvalue weighted by Crippen LogP contribution is -2.65. The molecule has 2 bridgehead atoms. The van der Waals surface area contributed by atoms with Crippen LogP contribution in [-0.2, 0) is 33.2 Å². The molecule has 0 aromatic carbocycles. The monoisotopic (exact) mass is 804 g/mol. The Kier molecular flexibility index (Phi) is 11.9. The zero-order valence-electron chi connectivity index (χ0n) is 31.8. The number of esters is 1. The number of aliphatic hydroxyl groups excluding tert-OH is 11. The molecule has 11 N–H and O–H groups in total. The zero-order chi connectivity index (χ0) is 40.7. The topological polar surface area (TPSA) is 295 Å². The smallest absolute Gasteiger partial charge is 0.314 e. The van der Waals surface area contributed by atoms with E-state index in [-0.39, 0.29) is 22.7 Å². The average molecular weight is 805 g/mol. The first kappa shape index (κ1) is 42.7. The van der Waals surface area contributed by atoms with E-state index in [0.717, 1.165) is 18.4 Å². The Balaban J connectivity index is 1.10. The van der Waals surface area contributed by atoms with Crippen molar-refractivity contribution in [3.8, 4) is 0 Å². The van der Waals surface area contributed by atoms with Crippen LogP contribution in [0.5, 0.6) is 0 Å². The van der Waals surface area contributed by atoms with Crippen LogP contribution in [0.15, 0.2) is 12.2 Å². The van der Waals surface area contributed by atoms with Gasteiger partial charge in [0.15, 0.2) is 12.6 Å². The van der Waals surface area contributed by atoms with Gasteiger partial charge in [-0.2, -0.15) is 0 Å². The maximum absolute atomic E-state index is 14.1. The maximum atomic E-state index is 14.1. The van der Waals surface area contributed by atoms with Gasteiger partial charge in [-0.05, 0) is 86.5 Å². The van der Waals surface area contributed by atoms with Gasteiger partial charge in [0.05, 0.1) is 30.8 Å². The Labute approximate surface area is 324 Å². The van der Waals surface area contributed by atoms with Crippen LogP contribution < -0.4 is 0 Å². The number of ether oxygens (including phenoxy) is 6. The van der Waals surface area contributed by atoms with Gasteiger partial charge in [-0.1, -0.05) is 19.9 Å². The van der Waals surface area contributed by atoms with Gasteiger partial charge in [0.2, 0.25) is 6.29 Å². The van der Waals surface area contributed by atoms with Crippen molar-refractivity contribution in [2.24, 2.45) is 28.1 Å². The van der Waals surface area contributed by atoms with Gasteiger partial charge in [0, 0.05) is 0 Å². The van der Waals surface area contributed by atoms with Crippen molar-refractivity contribution in [3.63, 3.8) is 0 Å². The Hall–Kier alpha value is -1.43. The zero-order valence-corrected chi connectivity index (χ0v) is 31.8. The number of rotatable bonds is 9. The highest BCUT2D eigenvalue weighted by molar-refractivity contribution is 5.77. The highest BCUT2D eigenvalue weighted by Crippen LogP contribution is 2.73. The molecule has 4 saturated carbocycles. The maximum Gasteiger partial charge on any atom is 0.314 e. The third-order valence-electron chi connectivity index (χ3n) is 15.0. The molecule has 7 rings (SSSR count). The molecule has 0 amide bonds. The van der Waals surface area contributed by atoms with E-state index in [2.05, 4.69) is 13.5 Å². The van der Waals surface area contributed by atoms with Crippen LogP contribution in [0.4, 0.5) is 0 Å². The Bertz CT molecular complexity index is 1450. The van der Waals surface area contributed by atoms with Gasteiger partial charge in [0.1, 0.15) is 73.2 Å². The fraction of sp³-hybridized carbons (Fsp3) is 0.921. The number of hydrogen-bond donors (Lipinski definition) is 11. The standard InChI is InChI=1S/C38H60O18/c1-16-11-37-9-5-20-35(2,7-4-8-36(20,3)34(50)55-32-29(49)26(46)23(43)18(13-40)52-32)21(37)6-10-38(16,15-37)56-33-30(27(47)24(44)19(14-41)53-33)54-31-28(48)25(45)22(42)17(12-39)51-31/h17-33,39-49H,1,4-15H2,2-3H3/t17-,18-,19-,20-,21-,22-,23+,24-,25+,26+,27+,28-,29+,30-,31+,32+,33-,35-,36-,37-,38-/m1/s1. The van der Waals surface area contributed by atoms with Gasteiger partial charge in [-0.15, -0.1) is 0 Å². The molecule has 3 heterocycles. The molecule has 0 aromatic heterocycles. The van der Waals surface area contributed by atoms with Crippen molar-refractivity contribution >= 4 is 5.97 Å². The second-order valence-corrected chi connectivity index (χ2v) is 18.0. The minimum Gasteiger partial charge on any atom is -0.432 e. The lowest BCUT2D eigenvalue weighted by molar-refractivity contribution is -0.378. The predicted molar refractivity (Wildman–Crippen MR) is 186 cm³/mol.